The van der Waals surface area contributed by atoms with E-state index < -0.39 is 0 Å². The molecule has 0 atom stereocenters. The molecule has 1 aromatic carbocycles. The van der Waals surface area contributed by atoms with E-state index in [0.717, 1.165) is 60.9 Å². The number of anilines is 1. The van der Waals surface area contributed by atoms with Gasteiger partial charge in [0.25, 0.3) is 0 Å². The number of nitrogens with one attached hydrogen (secondary N) is 1. The van der Waals surface area contributed by atoms with Gasteiger partial charge in [-0.15, -0.1) is 16.4 Å². The number of hydrogen-bond acceptors (Lipinski definition) is 6. The maximum Gasteiger partial charge on any atom is 0.229 e. The molecule has 1 N–H and O–H groups in total. The zero-order valence-electron chi connectivity index (χ0n) is 14.0. The van der Waals surface area contributed by atoms with Gasteiger partial charge >= 0.3 is 0 Å². The Morgan fingerprint density at radius 2 is 2.04 bits per heavy atom. The second-order valence-electron chi connectivity index (χ2n) is 6.33. The molecule has 5 rings (SSSR count). The first-order valence-electron chi connectivity index (χ1n) is 8.61. The Kier molecular flexibility index (Phi) is 4.00. The molecule has 26 heavy (non-hydrogen) atoms. The van der Waals surface area contributed by atoms with Gasteiger partial charge in [0.15, 0.2) is 11.5 Å². The van der Waals surface area contributed by atoms with Crippen LogP contribution in [-0.4, -0.2) is 45.8 Å². The lowest BCUT2D eigenvalue weighted by Gasteiger charge is -2.28. The van der Waals surface area contributed by atoms with Crippen molar-refractivity contribution >= 4 is 45.4 Å². The van der Waals surface area contributed by atoms with Crippen LogP contribution in [0.25, 0.3) is 16.6 Å². The lowest BCUT2D eigenvalue weighted by atomic mass is 10.2. The third-order valence-electron chi connectivity index (χ3n) is 4.57. The molecule has 4 aromatic rings. The highest BCUT2D eigenvalue weighted by atomic mass is 35.5. The predicted molar refractivity (Wildman–Crippen MR) is 106 cm³/mol. The van der Waals surface area contributed by atoms with Crippen LogP contribution in [-0.2, 0) is 6.42 Å². The minimum absolute atomic E-state index is 0.680. The number of aromatic nitrogens is 4. The molecular weight excluding hydrogens is 368 g/mol. The molecule has 0 unspecified atom stereocenters. The Balaban J connectivity index is 1.71. The van der Waals surface area contributed by atoms with E-state index in [4.69, 9.17) is 26.7 Å². The van der Waals surface area contributed by atoms with Crippen molar-refractivity contribution in [1.29, 1.82) is 0 Å². The molecule has 0 radical (unpaired) electrons. The van der Waals surface area contributed by atoms with Gasteiger partial charge in [0.2, 0.25) is 5.95 Å². The van der Waals surface area contributed by atoms with Crippen LogP contribution in [0, 0.1) is 0 Å². The Hall–Kier alpha value is -2.22. The van der Waals surface area contributed by atoms with Gasteiger partial charge < -0.3 is 10.2 Å². The summed E-state index contributed by atoms with van der Waals surface area (Å²) in [5.41, 5.74) is 1.71. The van der Waals surface area contributed by atoms with Crippen LogP contribution in [0.1, 0.15) is 10.7 Å². The van der Waals surface area contributed by atoms with E-state index in [1.807, 2.05) is 22.7 Å². The quantitative estimate of drug-likeness (QED) is 0.588. The molecule has 0 aliphatic carbocycles. The van der Waals surface area contributed by atoms with E-state index in [0.29, 0.717) is 5.02 Å². The fourth-order valence-corrected chi connectivity index (χ4v) is 4.20. The van der Waals surface area contributed by atoms with Gasteiger partial charge in [0, 0.05) is 47.9 Å². The third kappa shape index (κ3) is 2.82. The molecule has 1 saturated heterocycles. The summed E-state index contributed by atoms with van der Waals surface area (Å²) in [7, 11) is 0. The molecule has 0 spiro atoms. The molecular formula is C18H17ClN6S. The maximum absolute atomic E-state index is 6.23. The van der Waals surface area contributed by atoms with E-state index in [1.54, 1.807) is 11.3 Å². The fraction of sp³-hybridized carbons (Fsp3) is 0.278. The predicted octanol–water partition coefficient (Wildman–Crippen LogP) is 2.99. The topological polar surface area (TPSA) is 58.4 Å². The SMILES string of the molecule is Clc1ccc2nc(N3CCNCC3)n3nc(Cc4cccs4)nc3c2c1. The van der Waals surface area contributed by atoms with Gasteiger partial charge in [-0.2, -0.15) is 4.52 Å². The first kappa shape index (κ1) is 16.0. The second kappa shape index (κ2) is 6.50. The van der Waals surface area contributed by atoms with Crippen LogP contribution in [0.5, 0.6) is 0 Å². The third-order valence-corrected chi connectivity index (χ3v) is 5.68. The summed E-state index contributed by atoms with van der Waals surface area (Å²) in [4.78, 5) is 13.2. The molecule has 0 saturated carbocycles. The summed E-state index contributed by atoms with van der Waals surface area (Å²) in [6, 6.07) is 9.92. The van der Waals surface area contributed by atoms with Gasteiger partial charge in [0.1, 0.15) is 0 Å². The lowest BCUT2D eigenvalue weighted by Crippen LogP contribution is -2.44. The number of nitrogens with zero attached hydrogens (tertiary/aromatic N) is 5. The van der Waals surface area contributed by atoms with E-state index in [2.05, 4.69) is 27.7 Å². The number of fused-ring (bicyclic) bond motifs is 3. The molecule has 0 bridgehead atoms. The largest absolute Gasteiger partial charge is 0.338 e. The molecule has 0 amide bonds. The average molecular weight is 385 g/mol. The normalized spacial score (nSPS) is 15.2. The monoisotopic (exact) mass is 384 g/mol. The Morgan fingerprint density at radius 3 is 2.85 bits per heavy atom. The van der Waals surface area contributed by atoms with Crippen molar-refractivity contribution in [3.05, 3.63) is 51.4 Å². The van der Waals surface area contributed by atoms with Crippen LogP contribution in [0.3, 0.4) is 0 Å². The fourth-order valence-electron chi connectivity index (χ4n) is 3.32. The molecule has 1 fully saturated rings. The molecule has 4 heterocycles. The van der Waals surface area contributed by atoms with Crippen LogP contribution in [0.15, 0.2) is 35.7 Å². The van der Waals surface area contributed by atoms with Crippen molar-refractivity contribution < 1.29 is 0 Å². The first-order chi connectivity index (χ1) is 12.8. The molecule has 1 aliphatic heterocycles. The van der Waals surface area contributed by atoms with Crippen LogP contribution < -0.4 is 10.2 Å². The number of piperazine rings is 1. The van der Waals surface area contributed by atoms with Gasteiger partial charge in [-0.3, -0.25) is 0 Å². The van der Waals surface area contributed by atoms with Gasteiger partial charge in [-0.25, -0.2) is 9.97 Å². The minimum atomic E-state index is 0.680. The van der Waals surface area contributed by atoms with E-state index in [9.17, 15) is 0 Å². The van der Waals surface area contributed by atoms with E-state index >= 15 is 0 Å². The standard InChI is InChI=1S/C18H17ClN6S/c19-12-3-4-15-14(10-12)17-22-16(11-13-2-1-9-26-13)23-25(17)18(21-15)24-7-5-20-6-8-24/h1-4,9-10,20H,5-8,11H2. The van der Waals surface area contributed by atoms with Crippen molar-refractivity contribution in [2.45, 2.75) is 6.42 Å². The average Bonchev–Trinajstić information content (AvgIpc) is 3.32. The first-order valence-corrected chi connectivity index (χ1v) is 9.87. The highest BCUT2D eigenvalue weighted by Gasteiger charge is 2.20. The summed E-state index contributed by atoms with van der Waals surface area (Å²) >= 11 is 7.95. The highest BCUT2D eigenvalue weighted by Crippen LogP contribution is 2.26. The maximum atomic E-state index is 6.23. The summed E-state index contributed by atoms with van der Waals surface area (Å²) in [5, 5.41) is 11.9. The van der Waals surface area contributed by atoms with E-state index in [-0.39, 0.29) is 0 Å². The minimum Gasteiger partial charge on any atom is -0.338 e. The van der Waals surface area contributed by atoms with Gasteiger partial charge in [0.05, 0.1) is 5.52 Å². The summed E-state index contributed by atoms with van der Waals surface area (Å²) < 4.78 is 1.88. The zero-order chi connectivity index (χ0) is 17.5. The molecule has 132 valence electrons. The zero-order valence-corrected chi connectivity index (χ0v) is 15.6. The van der Waals surface area contributed by atoms with Crippen molar-refractivity contribution in [2.24, 2.45) is 0 Å². The van der Waals surface area contributed by atoms with Crippen molar-refractivity contribution in [3.8, 4) is 0 Å². The van der Waals surface area contributed by atoms with Crippen LogP contribution >= 0.6 is 22.9 Å². The Labute approximate surface area is 159 Å². The van der Waals surface area contributed by atoms with Crippen molar-refractivity contribution in [1.82, 2.24) is 24.9 Å². The molecule has 6 nitrogen and oxygen atoms in total. The van der Waals surface area contributed by atoms with Crippen LogP contribution in [0.2, 0.25) is 5.02 Å². The van der Waals surface area contributed by atoms with Gasteiger partial charge in [-0.05, 0) is 29.6 Å². The Bertz CT molecular complexity index is 1070. The smallest absolute Gasteiger partial charge is 0.229 e. The number of hydrogen-bond donors (Lipinski definition) is 1. The number of benzene rings is 1. The second-order valence-corrected chi connectivity index (χ2v) is 7.80. The van der Waals surface area contributed by atoms with Crippen molar-refractivity contribution in [2.75, 3.05) is 31.1 Å². The highest BCUT2D eigenvalue weighted by molar-refractivity contribution is 7.09. The van der Waals surface area contributed by atoms with Crippen LogP contribution in [0.4, 0.5) is 5.95 Å². The van der Waals surface area contributed by atoms with Gasteiger partial charge in [-0.1, -0.05) is 17.7 Å². The number of thiophene rings is 1. The number of rotatable bonds is 3. The summed E-state index contributed by atoms with van der Waals surface area (Å²) in [5.74, 6) is 1.65. The lowest BCUT2D eigenvalue weighted by molar-refractivity contribution is 0.575. The number of halogens is 1. The van der Waals surface area contributed by atoms with E-state index in [1.165, 1.54) is 4.88 Å². The van der Waals surface area contributed by atoms with Crippen molar-refractivity contribution in [3.63, 3.8) is 0 Å². The summed E-state index contributed by atoms with van der Waals surface area (Å²) in [6.45, 7) is 3.69. The molecule has 3 aromatic heterocycles. The molecule has 8 heteroatoms. The summed E-state index contributed by atoms with van der Waals surface area (Å²) in [6.07, 6.45) is 0.725. The molecule has 1 aliphatic rings. The Morgan fingerprint density at radius 1 is 1.15 bits per heavy atom.